The van der Waals surface area contributed by atoms with Crippen LogP contribution in [0.25, 0.3) is 0 Å². The molecule has 342 valence electrons. The Hall–Kier alpha value is -2.56. The molecule has 0 aromatic carbocycles. The Morgan fingerprint density at radius 1 is 0.525 bits per heavy atom. The van der Waals surface area contributed by atoms with Gasteiger partial charge in [-0.15, -0.1) is 0 Å². The molecule has 0 aromatic heterocycles. The molecule has 0 saturated carbocycles. The minimum absolute atomic E-state index is 0.124. The molecule has 0 aliphatic carbocycles. The fourth-order valence-corrected chi connectivity index (χ4v) is 6.93. The van der Waals surface area contributed by atoms with Crippen LogP contribution in [0.15, 0.2) is 48.6 Å². The summed E-state index contributed by atoms with van der Waals surface area (Å²) < 4.78 is 32.7. The van der Waals surface area contributed by atoms with Gasteiger partial charge in [0, 0.05) is 12.8 Å². The van der Waals surface area contributed by atoms with Crippen molar-refractivity contribution < 1.29 is 47.5 Å². The average Bonchev–Trinajstić information content (AvgIpc) is 3.21. The zero-order valence-electron chi connectivity index (χ0n) is 37.1. The number of unbranched alkanes of at least 4 members (excludes halogenated alkanes) is 21. The summed E-state index contributed by atoms with van der Waals surface area (Å²) in [5.74, 6) is -2.41. The molecule has 0 spiro atoms. The minimum atomic E-state index is -4.73. The van der Waals surface area contributed by atoms with Crippen LogP contribution in [0.3, 0.4) is 0 Å². The number of nitrogens with two attached hydrogens (primary N) is 1. The molecule has 0 bridgehead atoms. The molecule has 0 rings (SSSR count). The molecule has 12 heteroatoms. The van der Waals surface area contributed by atoms with Crippen molar-refractivity contribution in [2.45, 2.75) is 212 Å². The summed E-state index contributed by atoms with van der Waals surface area (Å²) in [6, 6.07) is -1.53. The van der Waals surface area contributed by atoms with Crippen molar-refractivity contribution in [1.82, 2.24) is 0 Å². The van der Waals surface area contributed by atoms with Crippen molar-refractivity contribution in [3.8, 4) is 0 Å². The lowest BCUT2D eigenvalue weighted by Crippen LogP contribution is -2.34. The molecule has 59 heavy (non-hydrogen) atoms. The van der Waals surface area contributed by atoms with E-state index in [1.807, 2.05) is 0 Å². The van der Waals surface area contributed by atoms with Gasteiger partial charge in [-0.3, -0.25) is 23.4 Å². The van der Waals surface area contributed by atoms with Gasteiger partial charge in [0.05, 0.1) is 13.2 Å². The first kappa shape index (κ1) is 56.4. The van der Waals surface area contributed by atoms with Crippen LogP contribution in [0.2, 0.25) is 0 Å². The third kappa shape index (κ3) is 41.9. The number of hydrogen-bond donors (Lipinski definition) is 3. The summed E-state index contributed by atoms with van der Waals surface area (Å²) in [6.07, 6.45) is 47.4. The Morgan fingerprint density at radius 3 is 1.39 bits per heavy atom. The van der Waals surface area contributed by atoms with Crippen LogP contribution in [0, 0.1) is 0 Å². The summed E-state index contributed by atoms with van der Waals surface area (Å²) in [5, 5.41) is 8.90. The molecule has 0 fully saturated rings. The second-order valence-corrected chi connectivity index (χ2v) is 17.0. The van der Waals surface area contributed by atoms with E-state index >= 15 is 0 Å². The van der Waals surface area contributed by atoms with Crippen molar-refractivity contribution in [2.75, 3.05) is 19.8 Å². The van der Waals surface area contributed by atoms with Crippen molar-refractivity contribution in [1.29, 1.82) is 0 Å². The SMILES string of the molecule is CCCC/C=C\C/C=C\C/C=C\C/C=C\CCCCCC(=O)O[C@H](COC(=O)CCCCCCCCCCCCCCCCCCC)COP(=O)(O)OC[C@H](N)C(=O)O. The first-order chi connectivity index (χ1) is 28.6. The third-order valence-electron chi connectivity index (χ3n) is 9.83. The molecule has 0 aliphatic rings. The lowest BCUT2D eigenvalue weighted by atomic mass is 10.0. The number of carboxylic acids is 1. The van der Waals surface area contributed by atoms with Crippen molar-refractivity contribution in [3.05, 3.63) is 48.6 Å². The Kier molecular flexibility index (Phi) is 40.3. The Balaban J connectivity index is 4.38. The van der Waals surface area contributed by atoms with E-state index in [4.69, 9.17) is 24.8 Å². The minimum Gasteiger partial charge on any atom is -0.480 e. The maximum absolute atomic E-state index is 12.6. The van der Waals surface area contributed by atoms with E-state index in [1.54, 1.807) is 0 Å². The summed E-state index contributed by atoms with van der Waals surface area (Å²) in [7, 11) is -4.73. The fraction of sp³-hybridized carbons (Fsp3) is 0.766. The maximum Gasteiger partial charge on any atom is 0.472 e. The number of esters is 2. The summed E-state index contributed by atoms with van der Waals surface area (Å²) >= 11 is 0. The van der Waals surface area contributed by atoms with Gasteiger partial charge in [-0.05, 0) is 51.4 Å². The Labute approximate surface area is 358 Å². The van der Waals surface area contributed by atoms with Crippen LogP contribution in [0.1, 0.15) is 200 Å². The number of rotatable bonds is 43. The zero-order valence-corrected chi connectivity index (χ0v) is 38.0. The van der Waals surface area contributed by atoms with Crippen molar-refractivity contribution in [2.24, 2.45) is 5.73 Å². The maximum atomic E-state index is 12.6. The van der Waals surface area contributed by atoms with Crippen LogP contribution in [-0.2, 0) is 37.5 Å². The number of phosphoric acid groups is 1. The van der Waals surface area contributed by atoms with Gasteiger partial charge in [0.15, 0.2) is 6.10 Å². The molecule has 0 saturated heterocycles. The van der Waals surface area contributed by atoms with Gasteiger partial charge in [0.2, 0.25) is 0 Å². The molecule has 0 aromatic rings. The van der Waals surface area contributed by atoms with Gasteiger partial charge in [-0.25, -0.2) is 4.57 Å². The summed E-state index contributed by atoms with van der Waals surface area (Å²) in [5.41, 5.74) is 5.34. The van der Waals surface area contributed by atoms with E-state index in [0.29, 0.717) is 12.8 Å². The number of aliphatic carboxylic acids is 1. The summed E-state index contributed by atoms with van der Waals surface area (Å²) in [4.78, 5) is 46.0. The van der Waals surface area contributed by atoms with Crippen LogP contribution < -0.4 is 5.73 Å². The second kappa shape index (κ2) is 42.1. The topological polar surface area (TPSA) is 172 Å². The second-order valence-electron chi connectivity index (χ2n) is 15.5. The number of phosphoric ester groups is 1. The van der Waals surface area contributed by atoms with E-state index in [0.717, 1.165) is 64.2 Å². The fourth-order valence-electron chi connectivity index (χ4n) is 6.15. The first-order valence-electron chi connectivity index (χ1n) is 23.2. The first-order valence-corrected chi connectivity index (χ1v) is 24.7. The van der Waals surface area contributed by atoms with Crippen LogP contribution >= 0.6 is 7.82 Å². The van der Waals surface area contributed by atoms with E-state index in [9.17, 15) is 23.8 Å². The molecular formula is C47H84NO10P. The highest BCUT2D eigenvalue weighted by molar-refractivity contribution is 7.47. The van der Waals surface area contributed by atoms with E-state index in [-0.39, 0.29) is 19.4 Å². The highest BCUT2D eigenvalue weighted by atomic mass is 31.2. The molecule has 0 radical (unpaired) electrons. The van der Waals surface area contributed by atoms with E-state index in [2.05, 4.69) is 67.0 Å². The molecule has 0 heterocycles. The van der Waals surface area contributed by atoms with Crippen molar-refractivity contribution >= 4 is 25.7 Å². The summed E-state index contributed by atoms with van der Waals surface area (Å²) in [6.45, 7) is 2.74. The number of carboxylic acid groups (broad SMARTS) is 1. The van der Waals surface area contributed by atoms with Crippen LogP contribution in [0.4, 0.5) is 0 Å². The predicted molar refractivity (Wildman–Crippen MR) is 240 cm³/mol. The Morgan fingerprint density at radius 2 is 0.915 bits per heavy atom. The molecule has 1 unspecified atom stereocenters. The monoisotopic (exact) mass is 854 g/mol. The third-order valence-corrected chi connectivity index (χ3v) is 10.8. The highest BCUT2D eigenvalue weighted by Crippen LogP contribution is 2.43. The Bertz CT molecular complexity index is 1190. The lowest BCUT2D eigenvalue weighted by molar-refractivity contribution is -0.161. The van der Waals surface area contributed by atoms with Gasteiger partial charge in [0.1, 0.15) is 12.6 Å². The molecule has 3 atom stereocenters. The highest BCUT2D eigenvalue weighted by Gasteiger charge is 2.28. The quantitative estimate of drug-likeness (QED) is 0.0231. The van der Waals surface area contributed by atoms with Gasteiger partial charge in [-0.2, -0.15) is 0 Å². The van der Waals surface area contributed by atoms with E-state index < -0.39 is 51.1 Å². The van der Waals surface area contributed by atoms with Gasteiger partial charge in [0.25, 0.3) is 0 Å². The molecule has 4 N–H and O–H groups in total. The molecular weight excluding hydrogens is 769 g/mol. The molecule has 11 nitrogen and oxygen atoms in total. The van der Waals surface area contributed by atoms with Crippen LogP contribution in [-0.4, -0.2) is 59.9 Å². The number of allylic oxidation sites excluding steroid dienone is 8. The van der Waals surface area contributed by atoms with Crippen molar-refractivity contribution in [3.63, 3.8) is 0 Å². The number of carbonyl (C=O) groups is 3. The largest absolute Gasteiger partial charge is 0.480 e. The van der Waals surface area contributed by atoms with Gasteiger partial charge >= 0.3 is 25.7 Å². The predicted octanol–water partition coefficient (Wildman–Crippen LogP) is 12.6. The van der Waals surface area contributed by atoms with Gasteiger partial charge in [-0.1, -0.05) is 184 Å². The number of ether oxygens (including phenoxy) is 2. The standard InChI is InChI=1S/C47H84NO10P/c1-3-5-7-9-11-13-15-17-19-21-23-25-27-29-31-33-35-37-39-46(50)58-43(41-56-59(53,54)57-42-44(48)47(51)52)40-55-45(49)38-36-34-32-30-28-26-24-22-20-18-16-14-12-10-8-6-4-2/h9,11,15,17,21,23,27,29,43-44H,3-8,10,12-14,16,18-20,22,24-26,28,30-42,48H2,1-2H3,(H,51,52)(H,53,54)/b11-9-,17-15-,23-21-,29-27-/t43-,44+/m1/s1. The van der Waals surface area contributed by atoms with Gasteiger partial charge < -0.3 is 25.2 Å². The van der Waals surface area contributed by atoms with E-state index in [1.165, 1.54) is 96.3 Å². The smallest absolute Gasteiger partial charge is 0.472 e. The zero-order chi connectivity index (χ0) is 43.5. The van der Waals surface area contributed by atoms with Crippen LogP contribution in [0.5, 0.6) is 0 Å². The number of hydrogen-bond acceptors (Lipinski definition) is 9. The lowest BCUT2D eigenvalue weighted by Gasteiger charge is -2.20. The normalized spacial score (nSPS) is 14.1. The molecule has 0 aliphatic heterocycles. The molecule has 0 amide bonds. The number of carbonyl (C=O) groups excluding carboxylic acids is 2. The average molecular weight is 854 g/mol.